The number of hydrogen-bond donors (Lipinski definition) is 2. The molecule has 7 heteroatoms. The molecule has 3 aromatic heterocycles. The molecule has 0 bridgehead atoms. The standard InChI is InChI=1S/C24H16N6O/c25-15-16-3-1-5-18(13-16)24(31)28-19-6-2-4-17(14-19)21-9-12-30(29-21)22-8-11-27-23-20(22)7-10-26-23/h1-14H,(H,26,27)(H,28,31). The van der Waals surface area contributed by atoms with E-state index in [4.69, 9.17) is 10.4 Å². The summed E-state index contributed by atoms with van der Waals surface area (Å²) >= 11 is 0. The molecule has 0 radical (unpaired) electrons. The molecule has 31 heavy (non-hydrogen) atoms. The van der Waals surface area contributed by atoms with Crippen LogP contribution in [0.1, 0.15) is 15.9 Å². The average Bonchev–Trinajstić information content (AvgIpc) is 3.49. The van der Waals surface area contributed by atoms with Crippen molar-refractivity contribution in [3.8, 4) is 23.0 Å². The number of aromatic amines is 1. The van der Waals surface area contributed by atoms with E-state index in [-0.39, 0.29) is 5.91 Å². The summed E-state index contributed by atoms with van der Waals surface area (Å²) in [5, 5.41) is 17.6. The summed E-state index contributed by atoms with van der Waals surface area (Å²) < 4.78 is 1.81. The van der Waals surface area contributed by atoms with E-state index in [0.29, 0.717) is 16.8 Å². The van der Waals surface area contributed by atoms with E-state index >= 15 is 0 Å². The van der Waals surface area contributed by atoms with Gasteiger partial charge in [0.15, 0.2) is 0 Å². The summed E-state index contributed by atoms with van der Waals surface area (Å²) in [6.07, 6.45) is 5.49. The Morgan fingerprint density at radius 1 is 1.06 bits per heavy atom. The Labute approximate surface area is 177 Å². The predicted octanol–water partition coefficient (Wildman–Crippen LogP) is 4.54. The molecule has 2 N–H and O–H groups in total. The van der Waals surface area contributed by atoms with Crippen LogP contribution in [0.5, 0.6) is 0 Å². The van der Waals surface area contributed by atoms with Gasteiger partial charge in [-0.15, -0.1) is 0 Å². The molecule has 1 amide bonds. The molecule has 5 aromatic rings. The molecule has 2 aromatic carbocycles. The number of nitrogens with one attached hydrogen (secondary N) is 2. The first kappa shape index (κ1) is 18.3. The maximum atomic E-state index is 12.6. The first-order valence-electron chi connectivity index (χ1n) is 9.61. The molecule has 0 saturated carbocycles. The summed E-state index contributed by atoms with van der Waals surface area (Å²) in [4.78, 5) is 20.0. The minimum absolute atomic E-state index is 0.272. The normalized spacial score (nSPS) is 10.7. The number of nitrogens with zero attached hydrogens (tertiary/aromatic N) is 4. The van der Waals surface area contributed by atoms with Crippen LogP contribution in [0, 0.1) is 11.3 Å². The number of carbonyl (C=O) groups is 1. The number of hydrogen-bond acceptors (Lipinski definition) is 4. The third-order valence-corrected chi connectivity index (χ3v) is 4.94. The molecular formula is C24H16N6O. The number of rotatable bonds is 4. The maximum Gasteiger partial charge on any atom is 0.255 e. The van der Waals surface area contributed by atoms with Crippen molar-refractivity contribution in [1.29, 1.82) is 5.26 Å². The molecule has 0 aliphatic rings. The van der Waals surface area contributed by atoms with Crippen molar-refractivity contribution in [3.63, 3.8) is 0 Å². The van der Waals surface area contributed by atoms with Gasteiger partial charge in [-0.3, -0.25) is 4.79 Å². The van der Waals surface area contributed by atoms with Crippen LogP contribution in [0.25, 0.3) is 28.0 Å². The fourth-order valence-electron chi connectivity index (χ4n) is 3.45. The van der Waals surface area contributed by atoms with Crippen molar-refractivity contribution in [2.45, 2.75) is 0 Å². The lowest BCUT2D eigenvalue weighted by Gasteiger charge is -2.07. The van der Waals surface area contributed by atoms with Gasteiger partial charge in [0.25, 0.3) is 5.91 Å². The lowest BCUT2D eigenvalue weighted by molar-refractivity contribution is 0.102. The molecule has 0 aliphatic carbocycles. The van der Waals surface area contributed by atoms with Gasteiger partial charge < -0.3 is 10.3 Å². The van der Waals surface area contributed by atoms with E-state index in [1.165, 1.54) is 0 Å². The van der Waals surface area contributed by atoms with Crippen molar-refractivity contribution < 1.29 is 4.79 Å². The van der Waals surface area contributed by atoms with Gasteiger partial charge in [-0.25, -0.2) is 9.67 Å². The number of benzene rings is 2. The largest absolute Gasteiger partial charge is 0.346 e. The van der Waals surface area contributed by atoms with Crippen LogP contribution in [-0.4, -0.2) is 25.7 Å². The second-order valence-electron chi connectivity index (χ2n) is 6.94. The third kappa shape index (κ3) is 3.54. The molecule has 0 unspecified atom stereocenters. The third-order valence-electron chi connectivity index (χ3n) is 4.94. The number of amides is 1. The van der Waals surface area contributed by atoms with Crippen LogP contribution in [0.3, 0.4) is 0 Å². The smallest absolute Gasteiger partial charge is 0.255 e. The zero-order valence-electron chi connectivity index (χ0n) is 16.3. The SMILES string of the molecule is N#Cc1cccc(C(=O)Nc2cccc(-c3ccn(-c4ccnc5[nH]ccc45)n3)c2)c1. The van der Waals surface area contributed by atoms with Crippen LogP contribution in [-0.2, 0) is 0 Å². The highest BCUT2D eigenvalue weighted by Gasteiger charge is 2.10. The number of nitriles is 1. The maximum absolute atomic E-state index is 12.6. The fraction of sp³-hybridized carbons (Fsp3) is 0. The number of carbonyl (C=O) groups excluding carboxylic acids is 1. The van der Waals surface area contributed by atoms with Crippen molar-refractivity contribution >= 4 is 22.6 Å². The minimum Gasteiger partial charge on any atom is -0.346 e. The van der Waals surface area contributed by atoms with Crippen molar-refractivity contribution in [1.82, 2.24) is 19.7 Å². The molecule has 0 aliphatic heterocycles. The van der Waals surface area contributed by atoms with Crippen molar-refractivity contribution in [2.75, 3.05) is 5.32 Å². The second kappa shape index (κ2) is 7.61. The molecule has 7 nitrogen and oxygen atoms in total. The first-order valence-corrected chi connectivity index (χ1v) is 9.61. The van der Waals surface area contributed by atoms with Crippen molar-refractivity contribution in [3.05, 3.63) is 96.4 Å². The number of H-pyrrole nitrogens is 1. The fourth-order valence-corrected chi connectivity index (χ4v) is 3.45. The number of anilines is 1. The molecule has 0 atom stereocenters. The van der Waals surface area contributed by atoms with Gasteiger partial charge in [-0.2, -0.15) is 10.4 Å². The lowest BCUT2D eigenvalue weighted by atomic mass is 10.1. The molecule has 5 rings (SSSR count). The monoisotopic (exact) mass is 404 g/mol. The van der Waals surface area contributed by atoms with E-state index in [9.17, 15) is 4.79 Å². The zero-order valence-corrected chi connectivity index (χ0v) is 16.3. The molecule has 3 heterocycles. The number of pyridine rings is 1. The average molecular weight is 404 g/mol. The quantitative estimate of drug-likeness (QED) is 0.459. The van der Waals surface area contributed by atoms with Gasteiger partial charge >= 0.3 is 0 Å². The van der Waals surface area contributed by atoms with E-state index in [1.54, 1.807) is 30.5 Å². The molecule has 0 saturated heterocycles. The van der Waals surface area contributed by atoms with Gasteiger partial charge in [0.2, 0.25) is 0 Å². The molecule has 0 fully saturated rings. The minimum atomic E-state index is -0.272. The summed E-state index contributed by atoms with van der Waals surface area (Å²) in [5.41, 5.74) is 4.92. The van der Waals surface area contributed by atoms with Crippen LogP contribution in [0.2, 0.25) is 0 Å². The topological polar surface area (TPSA) is 99.4 Å². The van der Waals surface area contributed by atoms with E-state index in [2.05, 4.69) is 15.3 Å². The summed E-state index contributed by atoms with van der Waals surface area (Å²) in [6.45, 7) is 0. The Bertz CT molecular complexity index is 1460. The Balaban J connectivity index is 1.41. The Morgan fingerprint density at radius 2 is 1.97 bits per heavy atom. The Hall–Kier alpha value is -4.70. The Kier molecular flexibility index (Phi) is 4.50. The Morgan fingerprint density at radius 3 is 2.87 bits per heavy atom. The van der Waals surface area contributed by atoms with Gasteiger partial charge in [0.05, 0.1) is 23.0 Å². The van der Waals surface area contributed by atoms with Gasteiger partial charge in [-0.05, 0) is 48.5 Å². The van der Waals surface area contributed by atoms with E-state index in [1.807, 2.05) is 65.6 Å². The van der Waals surface area contributed by atoms with Crippen molar-refractivity contribution in [2.24, 2.45) is 0 Å². The highest BCUT2D eigenvalue weighted by molar-refractivity contribution is 6.04. The number of aromatic nitrogens is 4. The zero-order chi connectivity index (χ0) is 21.2. The summed E-state index contributed by atoms with van der Waals surface area (Å²) in [5.74, 6) is -0.272. The van der Waals surface area contributed by atoms with Crippen LogP contribution >= 0.6 is 0 Å². The van der Waals surface area contributed by atoms with Crippen LogP contribution < -0.4 is 5.32 Å². The molecule has 0 spiro atoms. The van der Waals surface area contributed by atoms with E-state index < -0.39 is 0 Å². The summed E-state index contributed by atoms with van der Waals surface area (Å²) in [7, 11) is 0. The van der Waals surface area contributed by atoms with E-state index in [0.717, 1.165) is 28.0 Å². The van der Waals surface area contributed by atoms with Crippen LogP contribution in [0.4, 0.5) is 5.69 Å². The predicted molar refractivity (Wildman–Crippen MR) is 118 cm³/mol. The number of fused-ring (bicyclic) bond motifs is 1. The van der Waals surface area contributed by atoms with Gasteiger partial charge in [-0.1, -0.05) is 18.2 Å². The van der Waals surface area contributed by atoms with Gasteiger partial charge in [0, 0.05) is 40.8 Å². The summed E-state index contributed by atoms with van der Waals surface area (Å²) in [6, 6.07) is 22.0. The van der Waals surface area contributed by atoms with Gasteiger partial charge in [0.1, 0.15) is 5.65 Å². The highest BCUT2D eigenvalue weighted by atomic mass is 16.1. The molecular weight excluding hydrogens is 388 g/mol. The van der Waals surface area contributed by atoms with Crippen LogP contribution in [0.15, 0.2) is 85.3 Å². The molecule has 148 valence electrons. The first-order chi connectivity index (χ1) is 15.2. The lowest BCUT2D eigenvalue weighted by Crippen LogP contribution is -2.12. The highest BCUT2D eigenvalue weighted by Crippen LogP contribution is 2.24. The second-order valence-corrected chi connectivity index (χ2v) is 6.94.